The van der Waals surface area contributed by atoms with Crippen LogP contribution in [0.25, 0.3) is 0 Å². The van der Waals surface area contributed by atoms with Crippen LogP contribution < -0.4 is 10.1 Å². The van der Waals surface area contributed by atoms with Crippen molar-refractivity contribution in [1.29, 1.82) is 0 Å². The van der Waals surface area contributed by atoms with E-state index in [0.717, 1.165) is 30.6 Å². The number of ether oxygens (including phenoxy) is 1. The minimum absolute atomic E-state index is 0.0185. The molecular formula is C25H27Cl2N3O3S. The molecule has 180 valence electrons. The zero-order valence-electron chi connectivity index (χ0n) is 18.9. The fraction of sp³-hybridized carbons (Fsp3) is 0.400. The smallest absolute Gasteiger partial charge is 0.252 e. The highest BCUT2D eigenvalue weighted by Gasteiger charge is 2.48. The van der Waals surface area contributed by atoms with Gasteiger partial charge in [0, 0.05) is 28.3 Å². The largest absolute Gasteiger partial charge is 0.494 e. The average molecular weight is 520 g/mol. The van der Waals surface area contributed by atoms with Crippen LogP contribution in [0.1, 0.15) is 38.2 Å². The Kier molecular flexibility index (Phi) is 7.96. The molecule has 1 atom stereocenters. The van der Waals surface area contributed by atoms with Crippen molar-refractivity contribution < 1.29 is 14.3 Å². The van der Waals surface area contributed by atoms with Crippen molar-refractivity contribution in [2.24, 2.45) is 0 Å². The minimum Gasteiger partial charge on any atom is -0.494 e. The van der Waals surface area contributed by atoms with E-state index < -0.39 is 6.04 Å². The van der Waals surface area contributed by atoms with E-state index in [9.17, 15) is 9.59 Å². The summed E-state index contributed by atoms with van der Waals surface area (Å²) in [5.41, 5.74) is 1.57. The van der Waals surface area contributed by atoms with Gasteiger partial charge in [-0.05, 0) is 79.9 Å². The van der Waals surface area contributed by atoms with Crippen LogP contribution in [0, 0.1) is 0 Å². The highest BCUT2D eigenvalue weighted by atomic mass is 35.5. The summed E-state index contributed by atoms with van der Waals surface area (Å²) >= 11 is 18.0. The SMILES string of the molecule is CCCOc1ccc(NC(=O)C[C@H]2C(=O)N(C3CC3)C(=S)N2CCc2ccc(Cl)cc2Cl)cc1. The lowest BCUT2D eigenvalue weighted by atomic mass is 10.1. The van der Waals surface area contributed by atoms with Crippen LogP contribution in [0.2, 0.25) is 10.0 Å². The highest BCUT2D eigenvalue weighted by molar-refractivity contribution is 7.80. The quantitative estimate of drug-likeness (QED) is 0.430. The number of hydrogen-bond donors (Lipinski definition) is 1. The van der Waals surface area contributed by atoms with Gasteiger partial charge in [0.05, 0.1) is 13.0 Å². The molecule has 1 saturated carbocycles. The standard InChI is InChI=1S/C25H27Cl2N3O3S/c1-2-13-33-20-9-5-18(6-10-20)28-23(31)15-22-24(32)30(19-7-8-19)25(34)29(22)12-11-16-3-4-17(26)14-21(16)27/h3-6,9-10,14,19,22H,2,7-8,11-13,15H2,1H3,(H,28,31)/t22-/m0/s1. The average Bonchev–Trinajstić information content (AvgIpc) is 3.61. The molecule has 0 bridgehead atoms. The maximum absolute atomic E-state index is 13.2. The van der Waals surface area contributed by atoms with Gasteiger partial charge in [0.25, 0.3) is 5.91 Å². The lowest BCUT2D eigenvalue weighted by molar-refractivity contribution is -0.131. The van der Waals surface area contributed by atoms with Gasteiger partial charge >= 0.3 is 0 Å². The van der Waals surface area contributed by atoms with Crippen molar-refractivity contribution in [2.75, 3.05) is 18.5 Å². The second-order valence-electron chi connectivity index (χ2n) is 8.54. The number of thiocarbonyl (C=S) groups is 1. The van der Waals surface area contributed by atoms with Gasteiger partial charge in [0.2, 0.25) is 5.91 Å². The van der Waals surface area contributed by atoms with Crippen molar-refractivity contribution in [3.05, 3.63) is 58.1 Å². The monoisotopic (exact) mass is 519 g/mol. The van der Waals surface area contributed by atoms with E-state index in [2.05, 4.69) is 5.32 Å². The Morgan fingerprint density at radius 2 is 1.91 bits per heavy atom. The summed E-state index contributed by atoms with van der Waals surface area (Å²) in [4.78, 5) is 29.6. The maximum Gasteiger partial charge on any atom is 0.252 e. The van der Waals surface area contributed by atoms with E-state index >= 15 is 0 Å². The van der Waals surface area contributed by atoms with Gasteiger partial charge in [0.1, 0.15) is 11.8 Å². The molecule has 1 aliphatic heterocycles. The Hall–Kier alpha value is -2.35. The minimum atomic E-state index is -0.633. The van der Waals surface area contributed by atoms with Crippen LogP contribution in [-0.4, -0.2) is 52.0 Å². The Balaban J connectivity index is 1.43. The number of anilines is 1. The molecule has 0 aromatic heterocycles. The third-order valence-corrected chi connectivity index (χ3v) is 6.91. The fourth-order valence-corrected chi connectivity index (χ4v) is 4.95. The molecule has 2 aromatic carbocycles. The first kappa shape index (κ1) is 24.8. The third kappa shape index (κ3) is 5.82. The molecule has 1 aliphatic carbocycles. The van der Waals surface area contributed by atoms with Gasteiger partial charge in [-0.1, -0.05) is 36.2 Å². The topological polar surface area (TPSA) is 61.9 Å². The predicted octanol–water partition coefficient (Wildman–Crippen LogP) is 5.31. The molecule has 0 spiro atoms. The molecule has 0 radical (unpaired) electrons. The van der Waals surface area contributed by atoms with Gasteiger partial charge in [0.15, 0.2) is 5.11 Å². The maximum atomic E-state index is 13.2. The Bertz CT molecular complexity index is 1080. The van der Waals surface area contributed by atoms with Crippen molar-refractivity contribution in [1.82, 2.24) is 9.80 Å². The summed E-state index contributed by atoms with van der Waals surface area (Å²) in [6, 6.07) is 12.1. The van der Waals surface area contributed by atoms with Crippen molar-refractivity contribution >= 4 is 58.0 Å². The van der Waals surface area contributed by atoms with Crippen LogP contribution >= 0.6 is 35.4 Å². The predicted molar refractivity (Wildman–Crippen MR) is 139 cm³/mol. The lowest BCUT2D eigenvalue weighted by Crippen LogP contribution is -2.39. The number of carbonyl (C=O) groups excluding carboxylic acids is 2. The summed E-state index contributed by atoms with van der Waals surface area (Å²) in [6.07, 6.45) is 3.40. The summed E-state index contributed by atoms with van der Waals surface area (Å²) in [5.74, 6) is 0.409. The van der Waals surface area contributed by atoms with E-state index in [1.165, 1.54) is 0 Å². The molecule has 2 aromatic rings. The number of nitrogens with zero attached hydrogens (tertiary/aromatic N) is 2. The van der Waals surface area contributed by atoms with Gasteiger partial charge < -0.3 is 15.0 Å². The number of halogens is 2. The van der Waals surface area contributed by atoms with Gasteiger partial charge in [-0.15, -0.1) is 0 Å². The summed E-state index contributed by atoms with van der Waals surface area (Å²) in [7, 11) is 0. The fourth-order valence-electron chi connectivity index (χ4n) is 3.99. The molecule has 2 amide bonds. The van der Waals surface area contributed by atoms with Gasteiger partial charge in [-0.2, -0.15) is 0 Å². The molecule has 2 aliphatic rings. The van der Waals surface area contributed by atoms with Crippen LogP contribution in [0.5, 0.6) is 5.75 Å². The van der Waals surface area contributed by atoms with E-state index in [1.54, 1.807) is 29.2 Å². The number of rotatable bonds is 10. The Morgan fingerprint density at radius 3 is 2.56 bits per heavy atom. The van der Waals surface area contributed by atoms with Crippen LogP contribution in [-0.2, 0) is 16.0 Å². The van der Waals surface area contributed by atoms with Crippen molar-refractivity contribution in [2.45, 2.75) is 51.1 Å². The first-order valence-electron chi connectivity index (χ1n) is 11.5. The van der Waals surface area contributed by atoms with Gasteiger partial charge in [-0.3, -0.25) is 14.5 Å². The normalized spacial score (nSPS) is 17.9. The van der Waals surface area contributed by atoms with Crippen LogP contribution in [0.15, 0.2) is 42.5 Å². The molecule has 1 N–H and O–H groups in total. The first-order chi connectivity index (χ1) is 16.4. The van der Waals surface area contributed by atoms with Crippen molar-refractivity contribution in [3.8, 4) is 5.75 Å². The van der Waals surface area contributed by atoms with E-state index in [4.69, 9.17) is 40.2 Å². The summed E-state index contributed by atoms with van der Waals surface area (Å²) in [6.45, 7) is 3.17. The number of amides is 2. The number of hydrogen-bond acceptors (Lipinski definition) is 4. The molecule has 0 unspecified atom stereocenters. The molecule has 2 fully saturated rings. The van der Waals surface area contributed by atoms with Gasteiger partial charge in [-0.25, -0.2) is 0 Å². The zero-order valence-corrected chi connectivity index (χ0v) is 21.3. The van der Waals surface area contributed by atoms with Crippen molar-refractivity contribution in [3.63, 3.8) is 0 Å². The second-order valence-corrected chi connectivity index (χ2v) is 9.75. The van der Waals surface area contributed by atoms with Crippen LogP contribution in [0.3, 0.4) is 0 Å². The molecule has 6 nitrogen and oxygen atoms in total. The summed E-state index contributed by atoms with van der Waals surface area (Å²) in [5, 5.41) is 4.52. The first-order valence-corrected chi connectivity index (χ1v) is 12.6. The molecule has 1 saturated heterocycles. The van der Waals surface area contributed by atoms with E-state index in [-0.39, 0.29) is 24.3 Å². The summed E-state index contributed by atoms with van der Waals surface area (Å²) < 4.78 is 5.58. The molecule has 4 rings (SSSR count). The number of nitrogens with one attached hydrogen (secondary N) is 1. The van der Waals surface area contributed by atoms with E-state index in [0.29, 0.717) is 40.4 Å². The number of benzene rings is 2. The molecular weight excluding hydrogens is 493 g/mol. The van der Waals surface area contributed by atoms with E-state index in [1.807, 2.05) is 30.0 Å². The number of carbonyl (C=O) groups is 2. The molecule has 34 heavy (non-hydrogen) atoms. The highest BCUT2D eigenvalue weighted by Crippen LogP contribution is 2.34. The molecule has 1 heterocycles. The Morgan fingerprint density at radius 1 is 1.18 bits per heavy atom. The Labute approximate surface area is 215 Å². The lowest BCUT2D eigenvalue weighted by Gasteiger charge is -2.24. The van der Waals surface area contributed by atoms with Crippen LogP contribution in [0.4, 0.5) is 5.69 Å². The third-order valence-electron chi connectivity index (χ3n) is 5.89. The molecule has 9 heteroatoms. The second kappa shape index (κ2) is 10.9. The zero-order chi connectivity index (χ0) is 24.2.